The highest BCUT2D eigenvalue weighted by Gasteiger charge is 2.34. The first-order valence-corrected chi connectivity index (χ1v) is 8.73. The highest BCUT2D eigenvalue weighted by molar-refractivity contribution is 7.89. The Labute approximate surface area is 135 Å². The van der Waals surface area contributed by atoms with Crippen molar-refractivity contribution in [3.63, 3.8) is 0 Å². The monoisotopic (exact) mass is 339 g/mol. The molecule has 8 heteroatoms. The van der Waals surface area contributed by atoms with Crippen LogP contribution in [0.25, 0.3) is 0 Å². The number of fused-ring (bicyclic) bond motifs is 1. The van der Waals surface area contributed by atoms with Crippen LogP contribution in [0.3, 0.4) is 0 Å². The van der Waals surface area contributed by atoms with E-state index in [1.807, 2.05) is 0 Å². The molecule has 0 fully saturated rings. The number of rotatable bonds is 4. The van der Waals surface area contributed by atoms with Gasteiger partial charge in [-0.2, -0.15) is 4.72 Å². The first kappa shape index (κ1) is 17.4. The number of hydrogen-bond acceptors (Lipinski definition) is 4. The Balaban J connectivity index is 2.38. The second-order valence-electron chi connectivity index (χ2n) is 6.65. The van der Waals surface area contributed by atoms with E-state index in [1.165, 1.54) is 12.1 Å². The highest BCUT2D eigenvalue weighted by Crippen LogP contribution is 2.23. The van der Waals surface area contributed by atoms with Crippen molar-refractivity contribution >= 4 is 21.8 Å². The Hall–Kier alpha value is -1.93. The Morgan fingerprint density at radius 3 is 2.57 bits per heavy atom. The van der Waals surface area contributed by atoms with E-state index in [4.69, 9.17) is 5.73 Å². The van der Waals surface area contributed by atoms with Gasteiger partial charge in [0.1, 0.15) is 6.04 Å². The Bertz CT molecular complexity index is 750. The lowest BCUT2D eigenvalue weighted by Gasteiger charge is -2.28. The third-order valence-corrected chi connectivity index (χ3v) is 5.16. The summed E-state index contributed by atoms with van der Waals surface area (Å²) in [6, 6.07) is 3.32. The average molecular weight is 339 g/mol. The number of carbonyl (C=O) groups excluding carboxylic acids is 2. The minimum absolute atomic E-state index is 0.0659. The third kappa shape index (κ3) is 3.70. The molecular weight excluding hydrogens is 318 g/mol. The summed E-state index contributed by atoms with van der Waals surface area (Å²) in [7, 11) is -3.98. The van der Waals surface area contributed by atoms with Crippen LogP contribution in [0.5, 0.6) is 0 Å². The van der Waals surface area contributed by atoms with Crippen molar-refractivity contribution in [3.05, 3.63) is 29.3 Å². The summed E-state index contributed by atoms with van der Waals surface area (Å²) in [5.41, 5.74) is 5.77. The maximum atomic E-state index is 12.5. The maximum absolute atomic E-state index is 12.5. The van der Waals surface area contributed by atoms with Gasteiger partial charge in [0.2, 0.25) is 15.9 Å². The molecule has 2 amide bonds. The van der Waals surface area contributed by atoms with Crippen molar-refractivity contribution in [2.24, 2.45) is 11.1 Å². The Morgan fingerprint density at radius 1 is 1.35 bits per heavy atom. The van der Waals surface area contributed by atoms with Crippen LogP contribution in [0.15, 0.2) is 23.1 Å². The van der Waals surface area contributed by atoms with E-state index in [-0.39, 0.29) is 10.8 Å². The molecule has 1 aliphatic rings. The average Bonchev–Trinajstić information content (AvgIpc) is 2.43. The summed E-state index contributed by atoms with van der Waals surface area (Å²) in [4.78, 5) is 23.4. The molecule has 1 heterocycles. The van der Waals surface area contributed by atoms with Crippen molar-refractivity contribution in [1.82, 2.24) is 10.0 Å². The zero-order chi connectivity index (χ0) is 17.4. The highest BCUT2D eigenvalue weighted by atomic mass is 32.2. The standard InChI is InChI=1S/C15H21N3O4S/c1-15(2,3)12(13(16)19)18-23(21,22)10-5-4-9-6-7-17-14(20)11(9)8-10/h4-5,8,12,18H,6-7H2,1-3H3,(H2,16,19)(H,17,20)/t12-/m1/s1. The fourth-order valence-electron chi connectivity index (χ4n) is 2.44. The Morgan fingerprint density at radius 2 is 2.00 bits per heavy atom. The second kappa shape index (κ2) is 5.93. The predicted octanol–water partition coefficient (Wildman–Crippen LogP) is 0.151. The molecule has 0 bridgehead atoms. The van der Waals surface area contributed by atoms with Crippen LogP contribution >= 0.6 is 0 Å². The normalized spacial score (nSPS) is 16.4. The molecule has 4 N–H and O–H groups in total. The van der Waals surface area contributed by atoms with E-state index in [9.17, 15) is 18.0 Å². The van der Waals surface area contributed by atoms with Gasteiger partial charge in [-0.25, -0.2) is 8.42 Å². The smallest absolute Gasteiger partial charge is 0.251 e. The summed E-state index contributed by atoms with van der Waals surface area (Å²) in [5, 5.41) is 2.67. The van der Waals surface area contributed by atoms with Gasteiger partial charge in [0.25, 0.3) is 5.91 Å². The SMILES string of the molecule is CC(C)(C)[C@H](NS(=O)(=O)c1ccc2c(c1)C(=O)NCC2)C(N)=O. The lowest BCUT2D eigenvalue weighted by Crippen LogP contribution is -2.51. The molecule has 0 aliphatic carbocycles. The lowest BCUT2D eigenvalue weighted by atomic mass is 9.87. The summed E-state index contributed by atoms with van der Waals surface area (Å²) in [6.07, 6.45) is 0.654. The van der Waals surface area contributed by atoms with Gasteiger partial charge in [-0.05, 0) is 29.5 Å². The van der Waals surface area contributed by atoms with Gasteiger partial charge in [0.05, 0.1) is 4.90 Å². The van der Waals surface area contributed by atoms with Crippen LogP contribution in [-0.2, 0) is 21.2 Å². The van der Waals surface area contributed by atoms with Crippen LogP contribution in [0.4, 0.5) is 0 Å². The number of primary amides is 1. The van der Waals surface area contributed by atoms with Crippen molar-refractivity contribution in [2.45, 2.75) is 38.1 Å². The van der Waals surface area contributed by atoms with Gasteiger partial charge < -0.3 is 11.1 Å². The lowest BCUT2D eigenvalue weighted by molar-refractivity contribution is -0.121. The maximum Gasteiger partial charge on any atom is 0.251 e. The number of benzene rings is 1. The van der Waals surface area contributed by atoms with Gasteiger partial charge >= 0.3 is 0 Å². The van der Waals surface area contributed by atoms with E-state index < -0.39 is 27.4 Å². The first-order chi connectivity index (χ1) is 10.5. The van der Waals surface area contributed by atoms with Gasteiger partial charge in [-0.1, -0.05) is 26.8 Å². The number of sulfonamides is 1. The molecule has 1 atom stereocenters. The molecular formula is C15H21N3O4S. The molecule has 1 aliphatic heterocycles. The van der Waals surface area contributed by atoms with Crippen LogP contribution in [0.1, 0.15) is 36.7 Å². The molecule has 0 unspecified atom stereocenters. The molecule has 7 nitrogen and oxygen atoms in total. The van der Waals surface area contributed by atoms with Crippen molar-refractivity contribution in [2.75, 3.05) is 6.54 Å². The molecule has 2 rings (SSSR count). The fourth-order valence-corrected chi connectivity index (χ4v) is 3.88. The predicted molar refractivity (Wildman–Crippen MR) is 85.2 cm³/mol. The summed E-state index contributed by atoms with van der Waals surface area (Å²) < 4.78 is 27.4. The molecule has 0 saturated carbocycles. The molecule has 126 valence electrons. The van der Waals surface area contributed by atoms with Gasteiger partial charge in [-0.15, -0.1) is 0 Å². The van der Waals surface area contributed by atoms with E-state index in [2.05, 4.69) is 10.0 Å². The molecule has 23 heavy (non-hydrogen) atoms. The van der Waals surface area contributed by atoms with E-state index in [0.29, 0.717) is 18.5 Å². The number of hydrogen-bond donors (Lipinski definition) is 3. The third-order valence-electron chi connectivity index (χ3n) is 3.74. The fraction of sp³-hybridized carbons (Fsp3) is 0.467. The van der Waals surface area contributed by atoms with Gasteiger partial charge in [0.15, 0.2) is 0 Å². The summed E-state index contributed by atoms with van der Waals surface area (Å²) in [6.45, 7) is 5.67. The van der Waals surface area contributed by atoms with Crippen molar-refractivity contribution < 1.29 is 18.0 Å². The summed E-state index contributed by atoms with van der Waals surface area (Å²) >= 11 is 0. The molecule has 1 aromatic carbocycles. The number of carbonyl (C=O) groups is 2. The van der Waals surface area contributed by atoms with E-state index >= 15 is 0 Å². The largest absolute Gasteiger partial charge is 0.368 e. The van der Waals surface area contributed by atoms with Crippen LogP contribution < -0.4 is 15.8 Å². The molecule has 0 aromatic heterocycles. The summed E-state index contributed by atoms with van der Waals surface area (Å²) in [5.74, 6) is -1.05. The van der Waals surface area contributed by atoms with Crippen molar-refractivity contribution in [3.8, 4) is 0 Å². The van der Waals surface area contributed by atoms with E-state index in [0.717, 1.165) is 5.56 Å². The zero-order valence-electron chi connectivity index (χ0n) is 13.3. The van der Waals surface area contributed by atoms with Crippen molar-refractivity contribution in [1.29, 1.82) is 0 Å². The zero-order valence-corrected chi connectivity index (χ0v) is 14.2. The van der Waals surface area contributed by atoms with Crippen LogP contribution in [0, 0.1) is 5.41 Å². The van der Waals surface area contributed by atoms with Crippen LogP contribution in [-0.4, -0.2) is 32.8 Å². The first-order valence-electron chi connectivity index (χ1n) is 7.25. The van der Waals surface area contributed by atoms with E-state index in [1.54, 1.807) is 26.8 Å². The topological polar surface area (TPSA) is 118 Å². The molecule has 0 spiro atoms. The minimum atomic E-state index is -3.98. The number of nitrogens with one attached hydrogen (secondary N) is 2. The molecule has 0 radical (unpaired) electrons. The minimum Gasteiger partial charge on any atom is -0.368 e. The number of amides is 2. The van der Waals surface area contributed by atoms with Gasteiger partial charge in [-0.3, -0.25) is 9.59 Å². The Kier molecular flexibility index (Phi) is 4.50. The molecule has 0 saturated heterocycles. The second-order valence-corrected chi connectivity index (χ2v) is 8.36. The van der Waals surface area contributed by atoms with Gasteiger partial charge in [0, 0.05) is 12.1 Å². The molecule has 1 aromatic rings. The number of nitrogens with two attached hydrogens (primary N) is 1. The van der Waals surface area contributed by atoms with Crippen LogP contribution in [0.2, 0.25) is 0 Å². The quantitative estimate of drug-likeness (QED) is 0.723.